The molecular formula is C30H28F3N5O. The summed E-state index contributed by atoms with van der Waals surface area (Å²) in [4.78, 5) is 19.8. The molecule has 1 amide bonds. The highest BCUT2D eigenvalue weighted by molar-refractivity contribution is 6.10. The van der Waals surface area contributed by atoms with Crippen molar-refractivity contribution in [2.45, 2.75) is 51.7 Å². The van der Waals surface area contributed by atoms with E-state index in [-0.39, 0.29) is 28.5 Å². The maximum absolute atomic E-state index is 13.8. The summed E-state index contributed by atoms with van der Waals surface area (Å²) >= 11 is 0. The summed E-state index contributed by atoms with van der Waals surface area (Å²) in [5, 5.41) is 8.32. The van der Waals surface area contributed by atoms with Crippen molar-refractivity contribution in [3.63, 3.8) is 0 Å². The summed E-state index contributed by atoms with van der Waals surface area (Å²) in [7, 11) is 1.87. The molecule has 2 aliphatic rings. The number of nitrogens with zero attached hydrogens (tertiary/aromatic N) is 5. The molecule has 2 aromatic heterocycles. The minimum Gasteiger partial charge on any atom is -0.317 e. The van der Waals surface area contributed by atoms with Crippen LogP contribution in [0.25, 0.3) is 22.5 Å². The Morgan fingerprint density at radius 1 is 0.923 bits per heavy atom. The molecule has 0 bridgehead atoms. The molecule has 0 spiro atoms. The number of anilines is 1. The minimum atomic E-state index is -4.55. The van der Waals surface area contributed by atoms with Crippen molar-refractivity contribution in [3.8, 4) is 22.5 Å². The molecule has 6 nitrogen and oxygen atoms in total. The van der Waals surface area contributed by atoms with E-state index >= 15 is 0 Å². The lowest BCUT2D eigenvalue weighted by molar-refractivity contribution is -0.138. The SMILES string of the molecule is Cn1cnnc1-c1ccccc1-c1cc(N2Cc3c(cccc3C(F)(F)F)C2=O)nc(C2(C(C)(C)C)CC2)c1. The molecule has 0 saturated heterocycles. The number of aromatic nitrogens is 4. The van der Waals surface area contributed by atoms with Gasteiger partial charge in [0.15, 0.2) is 5.82 Å². The second-order valence-corrected chi connectivity index (χ2v) is 11.5. The van der Waals surface area contributed by atoms with Crippen molar-refractivity contribution in [3.05, 3.63) is 83.3 Å². The summed E-state index contributed by atoms with van der Waals surface area (Å²) < 4.78 is 43.2. The third-order valence-corrected chi connectivity index (χ3v) is 8.23. The molecule has 9 heteroatoms. The van der Waals surface area contributed by atoms with Gasteiger partial charge in [0, 0.05) is 23.6 Å². The normalized spacial score (nSPS) is 16.5. The number of amides is 1. The topological polar surface area (TPSA) is 63.9 Å². The van der Waals surface area contributed by atoms with Gasteiger partial charge in [-0.25, -0.2) is 4.98 Å². The molecular weight excluding hydrogens is 503 g/mol. The Labute approximate surface area is 224 Å². The van der Waals surface area contributed by atoms with Crippen LogP contribution < -0.4 is 4.90 Å². The van der Waals surface area contributed by atoms with Crippen molar-refractivity contribution in [1.82, 2.24) is 19.7 Å². The smallest absolute Gasteiger partial charge is 0.317 e. The first-order chi connectivity index (χ1) is 18.4. The molecule has 0 unspecified atom stereocenters. The Kier molecular flexibility index (Phi) is 5.51. The molecule has 1 fully saturated rings. The number of aryl methyl sites for hydroxylation is 1. The van der Waals surface area contributed by atoms with Crippen LogP contribution >= 0.6 is 0 Å². The fourth-order valence-electron chi connectivity index (χ4n) is 5.81. The lowest BCUT2D eigenvalue weighted by Crippen LogP contribution is -2.29. The number of carbonyl (C=O) groups is 1. The van der Waals surface area contributed by atoms with Crippen LogP contribution in [0.15, 0.2) is 60.9 Å². The average Bonchev–Trinajstić information content (AvgIpc) is 3.52. The maximum Gasteiger partial charge on any atom is 0.416 e. The summed E-state index contributed by atoms with van der Waals surface area (Å²) in [6.45, 7) is 6.34. The van der Waals surface area contributed by atoms with E-state index in [9.17, 15) is 18.0 Å². The van der Waals surface area contributed by atoms with E-state index in [2.05, 4.69) is 37.0 Å². The van der Waals surface area contributed by atoms with Crippen LogP contribution in [0.5, 0.6) is 0 Å². The highest BCUT2D eigenvalue weighted by Gasteiger charge is 2.54. The number of alkyl halides is 3. The molecule has 2 aromatic carbocycles. The van der Waals surface area contributed by atoms with Gasteiger partial charge in [-0.15, -0.1) is 10.2 Å². The van der Waals surface area contributed by atoms with Gasteiger partial charge >= 0.3 is 6.18 Å². The number of fused-ring (bicyclic) bond motifs is 1. The predicted octanol–water partition coefficient (Wildman–Crippen LogP) is 6.80. The quantitative estimate of drug-likeness (QED) is 0.291. The van der Waals surface area contributed by atoms with Gasteiger partial charge in [0.05, 0.1) is 17.8 Å². The standard InChI is InChI=1S/C30H28F3N5O/c1-28(2,3)29(12-13-29)24-14-18(19-8-5-6-9-20(19)26-36-34-17-37(26)4)15-25(35-24)38-16-22-21(27(38)39)10-7-11-23(22)30(31,32)33/h5-11,14-15,17H,12-13,16H2,1-4H3. The van der Waals surface area contributed by atoms with Crippen LogP contribution in [0.3, 0.4) is 0 Å². The lowest BCUT2D eigenvalue weighted by atomic mass is 9.75. The van der Waals surface area contributed by atoms with Crippen LogP contribution in [-0.4, -0.2) is 25.7 Å². The van der Waals surface area contributed by atoms with Crippen LogP contribution in [-0.2, 0) is 25.2 Å². The number of halogens is 3. The number of pyridine rings is 1. The highest BCUT2D eigenvalue weighted by Crippen LogP contribution is 2.59. The van der Waals surface area contributed by atoms with Crippen molar-refractivity contribution < 1.29 is 18.0 Å². The Hall–Kier alpha value is -4.01. The first-order valence-electron chi connectivity index (χ1n) is 12.9. The fraction of sp³-hybridized carbons (Fsp3) is 0.333. The number of hydrogen-bond acceptors (Lipinski definition) is 4. The second kappa shape index (κ2) is 8.49. The van der Waals surface area contributed by atoms with E-state index in [0.717, 1.165) is 41.3 Å². The molecule has 3 heterocycles. The zero-order valence-electron chi connectivity index (χ0n) is 22.2. The Balaban J connectivity index is 1.53. The number of benzene rings is 2. The second-order valence-electron chi connectivity index (χ2n) is 11.5. The van der Waals surface area contributed by atoms with Gasteiger partial charge < -0.3 is 4.57 Å². The van der Waals surface area contributed by atoms with E-state index in [1.165, 1.54) is 17.0 Å². The number of carbonyl (C=O) groups excluding carboxylic acids is 1. The van der Waals surface area contributed by atoms with E-state index in [0.29, 0.717) is 11.6 Å². The first kappa shape index (κ1) is 25.3. The summed E-state index contributed by atoms with van der Waals surface area (Å²) in [6, 6.07) is 15.4. The van der Waals surface area contributed by atoms with Gasteiger partial charge in [-0.1, -0.05) is 51.1 Å². The monoisotopic (exact) mass is 531 g/mol. The Morgan fingerprint density at radius 2 is 1.62 bits per heavy atom. The number of rotatable bonds is 4. The maximum atomic E-state index is 13.8. The van der Waals surface area contributed by atoms with Crippen molar-refractivity contribution in [1.29, 1.82) is 0 Å². The molecule has 0 radical (unpaired) electrons. The van der Waals surface area contributed by atoms with E-state index in [1.54, 1.807) is 12.4 Å². The van der Waals surface area contributed by atoms with Gasteiger partial charge in [-0.3, -0.25) is 9.69 Å². The summed E-state index contributed by atoms with van der Waals surface area (Å²) in [5.74, 6) is 0.552. The molecule has 0 N–H and O–H groups in total. The first-order valence-corrected chi connectivity index (χ1v) is 12.9. The van der Waals surface area contributed by atoms with E-state index in [4.69, 9.17) is 4.98 Å². The lowest BCUT2D eigenvalue weighted by Gasteiger charge is -2.31. The highest BCUT2D eigenvalue weighted by atomic mass is 19.4. The molecule has 200 valence electrons. The van der Waals surface area contributed by atoms with Gasteiger partial charge in [0.2, 0.25) is 0 Å². The Bertz CT molecular complexity index is 1610. The largest absolute Gasteiger partial charge is 0.416 e. The van der Waals surface area contributed by atoms with E-state index in [1.807, 2.05) is 35.9 Å². The molecule has 4 aromatic rings. The number of hydrogen-bond donors (Lipinski definition) is 0. The third-order valence-electron chi connectivity index (χ3n) is 8.23. The average molecular weight is 532 g/mol. The van der Waals surface area contributed by atoms with Crippen LogP contribution in [0.4, 0.5) is 19.0 Å². The molecule has 1 aliphatic carbocycles. The van der Waals surface area contributed by atoms with Crippen LogP contribution in [0.1, 0.15) is 60.8 Å². The molecule has 6 rings (SSSR count). The third kappa shape index (κ3) is 4.02. The molecule has 1 saturated carbocycles. The van der Waals surface area contributed by atoms with Gasteiger partial charge in [-0.2, -0.15) is 13.2 Å². The van der Waals surface area contributed by atoms with E-state index < -0.39 is 17.6 Å². The zero-order chi connectivity index (χ0) is 27.7. The van der Waals surface area contributed by atoms with Crippen LogP contribution in [0.2, 0.25) is 0 Å². The minimum absolute atomic E-state index is 0.0137. The van der Waals surface area contributed by atoms with Gasteiger partial charge in [-0.05, 0) is 59.2 Å². The Morgan fingerprint density at radius 3 is 2.23 bits per heavy atom. The molecule has 0 atom stereocenters. The predicted molar refractivity (Wildman–Crippen MR) is 142 cm³/mol. The van der Waals surface area contributed by atoms with Gasteiger partial charge in [0.25, 0.3) is 5.91 Å². The molecule has 39 heavy (non-hydrogen) atoms. The van der Waals surface area contributed by atoms with Crippen molar-refractivity contribution in [2.75, 3.05) is 4.90 Å². The van der Waals surface area contributed by atoms with Gasteiger partial charge in [0.1, 0.15) is 12.1 Å². The van der Waals surface area contributed by atoms with Crippen LogP contribution in [0, 0.1) is 5.41 Å². The van der Waals surface area contributed by atoms with Crippen molar-refractivity contribution >= 4 is 11.7 Å². The summed E-state index contributed by atoms with van der Waals surface area (Å²) in [5.41, 5.74) is 2.38. The van der Waals surface area contributed by atoms with Crippen molar-refractivity contribution in [2.24, 2.45) is 12.5 Å². The summed E-state index contributed by atoms with van der Waals surface area (Å²) in [6.07, 6.45) is -1.03. The molecule has 1 aliphatic heterocycles. The zero-order valence-corrected chi connectivity index (χ0v) is 22.2. The fourth-order valence-corrected chi connectivity index (χ4v) is 5.81.